The minimum absolute atomic E-state index is 0.605. The SMILES string of the molecule is CN=C(NCCCC1CC1)NCc1nnc2ccccn12. The number of nitrogens with zero attached hydrogens (tertiary/aromatic N) is 4. The summed E-state index contributed by atoms with van der Waals surface area (Å²) in [6.45, 7) is 1.57. The van der Waals surface area contributed by atoms with Gasteiger partial charge in [0.1, 0.15) is 0 Å². The molecule has 1 fully saturated rings. The van der Waals surface area contributed by atoms with Crippen LogP contribution >= 0.6 is 0 Å². The van der Waals surface area contributed by atoms with Crippen LogP contribution in [-0.4, -0.2) is 34.2 Å². The van der Waals surface area contributed by atoms with Crippen molar-refractivity contribution in [2.24, 2.45) is 10.9 Å². The molecule has 0 amide bonds. The summed E-state index contributed by atoms with van der Waals surface area (Å²) in [5.74, 6) is 2.69. The first-order chi connectivity index (χ1) is 10.4. The Morgan fingerprint density at radius 1 is 1.33 bits per heavy atom. The quantitative estimate of drug-likeness (QED) is 0.481. The minimum Gasteiger partial charge on any atom is -0.356 e. The summed E-state index contributed by atoms with van der Waals surface area (Å²) in [6, 6.07) is 5.88. The van der Waals surface area contributed by atoms with Crippen LogP contribution in [0.1, 0.15) is 31.5 Å². The number of fused-ring (bicyclic) bond motifs is 1. The fraction of sp³-hybridized carbons (Fsp3) is 0.533. The molecule has 2 aromatic rings. The first kappa shape index (κ1) is 13.9. The summed E-state index contributed by atoms with van der Waals surface area (Å²) in [6.07, 6.45) is 7.36. The van der Waals surface area contributed by atoms with Gasteiger partial charge in [0.2, 0.25) is 0 Å². The number of aromatic nitrogens is 3. The van der Waals surface area contributed by atoms with Gasteiger partial charge in [-0.3, -0.25) is 9.39 Å². The molecule has 6 nitrogen and oxygen atoms in total. The summed E-state index contributed by atoms with van der Waals surface area (Å²) in [5.41, 5.74) is 0.863. The van der Waals surface area contributed by atoms with Crippen LogP contribution in [0.25, 0.3) is 5.65 Å². The fourth-order valence-electron chi connectivity index (χ4n) is 2.40. The molecule has 0 aromatic carbocycles. The zero-order chi connectivity index (χ0) is 14.5. The van der Waals surface area contributed by atoms with E-state index < -0.39 is 0 Å². The van der Waals surface area contributed by atoms with Gasteiger partial charge in [0.25, 0.3) is 0 Å². The second-order valence-corrected chi connectivity index (χ2v) is 5.48. The zero-order valence-electron chi connectivity index (χ0n) is 12.4. The highest BCUT2D eigenvalue weighted by Crippen LogP contribution is 2.33. The number of pyridine rings is 1. The van der Waals surface area contributed by atoms with Crippen molar-refractivity contribution in [1.82, 2.24) is 25.2 Å². The van der Waals surface area contributed by atoms with Gasteiger partial charge in [0, 0.05) is 19.8 Å². The molecule has 1 aliphatic rings. The van der Waals surface area contributed by atoms with Crippen LogP contribution in [0.2, 0.25) is 0 Å². The highest BCUT2D eigenvalue weighted by molar-refractivity contribution is 5.79. The molecule has 112 valence electrons. The van der Waals surface area contributed by atoms with Crippen LogP contribution in [0.15, 0.2) is 29.4 Å². The maximum absolute atomic E-state index is 4.24. The van der Waals surface area contributed by atoms with Crippen LogP contribution < -0.4 is 10.6 Å². The van der Waals surface area contributed by atoms with Gasteiger partial charge in [0.05, 0.1) is 6.54 Å². The van der Waals surface area contributed by atoms with E-state index in [4.69, 9.17) is 0 Å². The summed E-state index contributed by atoms with van der Waals surface area (Å²) in [5, 5.41) is 15.0. The van der Waals surface area contributed by atoms with E-state index in [0.29, 0.717) is 6.54 Å². The Labute approximate surface area is 124 Å². The standard InChI is InChI=1S/C15H22N6/c1-16-15(17-9-4-5-12-7-8-12)18-11-14-20-19-13-6-2-3-10-21(13)14/h2-3,6,10,12H,4-5,7-9,11H2,1H3,(H2,16,17,18). The van der Waals surface area contributed by atoms with Gasteiger partial charge in [-0.05, 0) is 30.9 Å². The van der Waals surface area contributed by atoms with Crippen molar-refractivity contribution in [3.05, 3.63) is 30.2 Å². The molecule has 21 heavy (non-hydrogen) atoms. The van der Waals surface area contributed by atoms with Gasteiger partial charge in [-0.2, -0.15) is 0 Å². The van der Waals surface area contributed by atoms with E-state index in [9.17, 15) is 0 Å². The van der Waals surface area contributed by atoms with Crippen LogP contribution in [0.4, 0.5) is 0 Å². The van der Waals surface area contributed by atoms with E-state index in [2.05, 4.69) is 25.8 Å². The molecule has 0 saturated heterocycles. The van der Waals surface area contributed by atoms with Crippen LogP contribution in [0, 0.1) is 5.92 Å². The van der Waals surface area contributed by atoms with Crippen molar-refractivity contribution < 1.29 is 0 Å². The molecule has 6 heteroatoms. The minimum atomic E-state index is 0.605. The van der Waals surface area contributed by atoms with Crippen LogP contribution in [0.5, 0.6) is 0 Å². The molecule has 0 spiro atoms. The summed E-state index contributed by atoms with van der Waals surface area (Å²) in [7, 11) is 1.79. The maximum atomic E-state index is 4.24. The highest BCUT2D eigenvalue weighted by Gasteiger charge is 2.19. The Hall–Kier alpha value is -2.11. The molecule has 3 rings (SSSR count). The third-order valence-electron chi connectivity index (χ3n) is 3.80. The van der Waals surface area contributed by atoms with Crippen molar-refractivity contribution >= 4 is 11.6 Å². The van der Waals surface area contributed by atoms with Gasteiger partial charge in [0.15, 0.2) is 17.4 Å². The predicted octanol–water partition coefficient (Wildman–Crippen LogP) is 1.58. The Kier molecular flexibility index (Phi) is 4.33. The number of rotatable bonds is 6. The maximum Gasteiger partial charge on any atom is 0.191 e. The molecule has 2 aromatic heterocycles. The third kappa shape index (κ3) is 3.71. The number of guanidine groups is 1. The molecule has 1 saturated carbocycles. The van der Waals surface area contributed by atoms with Crippen molar-refractivity contribution in [2.45, 2.75) is 32.2 Å². The topological polar surface area (TPSA) is 66.6 Å². The average Bonchev–Trinajstić information content (AvgIpc) is 3.26. The molecular weight excluding hydrogens is 264 g/mol. The van der Waals surface area contributed by atoms with Gasteiger partial charge in [-0.1, -0.05) is 18.9 Å². The lowest BCUT2D eigenvalue weighted by Crippen LogP contribution is -2.37. The fourth-order valence-corrected chi connectivity index (χ4v) is 2.40. The normalized spacial score (nSPS) is 15.4. The first-order valence-corrected chi connectivity index (χ1v) is 7.60. The van der Waals surface area contributed by atoms with E-state index in [1.807, 2.05) is 28.8 Å². The first-order valence-electron chi connectivity index (χ1n) is 7.60. The molecule has 0 unspecified atom stereocenters. The molecule has 0 aliphatic heterocycles. The largest absolute Gasteiger partial charge is 0.356 e. The smallest absolute Gasteiger partial charge is 0.191 e. The summed E-state index contributed by atoms with van der Waals surface area (Å²) in [4.78, 5) is 4.24. The van der Waals surface area contributed by atoms with Gasteiger partial charge in [-0.25, -0.2) is 0 Å². The Balaban J connectivity index is 1.47. The number of aliphatic imine (C=N–C) groups is 1. The number of hydrogen-bond donors (Lipinski definition) is 2. The van der Waals surface area contributed by atoms with E-state index in [0.717, 1.165) is 29.9 Å². The molecule has 0 bridgehead atoms. The Bertz CT molecular complexity index is 613. The van der Waals surface area contributed by atoms with E-state index >= 15 is 0 Å². The Morgan fingerprint density at radius 3 is 3.05 bits per heavy atom. The molecule has 2 N–H and O–H groups in total. The lowest BCUT2D eigenvalue weighted by molar-refractivity contribution is 0.643. The van der Waals surface area contributed by atoms with E-state index in [1.54, 1.807) is 7.05 Å². The summed E-state index contributed by atoms with van der Waals surface area (Å²) < 4.78 is 1.98. The lowest BCUT2D eigenvalue weighted by Gasteiger charge is -2.11. The third-order valence-corrected chi connectivity index (χ3v) is 3.80. The number of nitrogens with one attached hydrogen (secondary N) is 2. The average molecular weight is 286 g/mol. The lowest BCUT2D eigenvalue weighted by atomic mass is 10.2. The van der Waals surface area contributed by atoms with Crippen molar-refractivity contribution in [2.75, 3.05) is 13.6 Å². The van der Waals surface area contributed by atoms with Gasteiger partial charge >= 0.3 is 0 Å². The van der Waals surface area contributed by atoms with E-state index in [-0.39, 0.29) is 0 Å². The predicted molar refractivity (Wildman–Crippen MR) is 83.1 cm³/mol. The second-order valence-electron chi connectivity index (χ2n) is 5.48. The van der Waals surface area contributed by atoms with Gasteiger partial charge < -0.3 is 10.6 Å². The molecule has 0 radical (unpaired) electrons. The van der Waals surface area contributed by atoms with Gasteiger partial charge in [-0.15, -0.1) is 10.2 Å². The van der Waals surface area contributed by atoms with Crippen LogP contribution in [-0.2, 0) is 6.54 Å². The number of hydrogen-bond acceptors (Lipinski definition) is 3. The molecular formula is C15H22N6. The zero-order valence-corrected chi connectivity index (χ0v) is 12.4. The van der Waals surface area contributed by atoms with Crippen LogP contribution in [0.3, 0.4) is 0 Å². The van der Waals surface area contributed by atoms with Crippen molar-refractivity contribution in [1.29, 1.82) is 0 Å². The van der Waals surface area contributed by atoms with Crippen molar-refractivity contribution in [3.8, 4) is 0 Å². The Morgan fingerprint density at radius 2 is 2.24 bits per heavy atom. The molecule has 0 atom stereocenters. The summed E-state index contributed by atoms with van der Waals surface area (Å²) >= 11 is 0. The molecule has 2 heterocycles. The second kappa shape index (κ2) is 6.56. The monoisotopic (exact) mass is 286 g/mol. The van der Waals surface area contributed by atoms with E-state index in [1.165, 1.54) is 25.7 Å². The molecule has 1 aliphatic carbocycles. The highest BCUT2D eigenvalue weighted by atomic mass is 15.3. The van der Waals surface area contributed by atoms with Crippen molar-refractivity contribution in [3.63, 3.8) is 0 Å².